The maximum Gasteiger partial charge on any atom is 0.355 e. The number of aromatic carboxylic acids is 1. The summed E-state index contributed by atoms with van der Waals surface area (Å²) in [4.78, 5) is 15.6. The zero-order valence-electron chi connectivity index (χ0n) is 10.1. The second-order valence-corrected chi connectivity index (χ2v) is 4.25. The van der Waals surface area contributed by atoms with Gasteiger partial charge < -0.3 is 5.11 Å². The van der Waals surface area contributed by atoms with Crippen molar-refractivity contribution in [1.29, 1.82) is 0 Å². The van der Waals surface area contributed by atoms with Crippen LogP contribution < -0.4 is 0 Å². The second-order valence-electron chi connectivity index (χ2n) is 4.25. The summed E-state index contributed by atoms with van der Waals surface area (Å²) in [6, 6.07) is 18.8. The first-order valence-electron chi connectivity index (χ1n) is 5.94. The fraction of sp³-hybridized carbons (Fsp3) is 0. The van der Waals surface area contributed by atoms with Crippen LogP contribution in [0.5, 0.6) is 0 Å². The van der Waals surface area contributed by atoms with Gasteiger partial charge in [-0.25, -0.2) is 9.78 Å². The first-order valence-corrected chi connectivity index (χ1v) is 5.94. The Morgan fingerprint density at radius 3 is 2.37 bits per heavy atom. The highest BCUT2D eigenvalue weighted by molar-refractivity contribution is 5.98. The standard InChI is InChI=1S/C16H11NO2/c18-16(19)15-13(11-6-2-1-3-7-11)10-12-8-4-5-9-14(12)17-15/h1-10H,(H,18,19). The number of rotatable bonds is 2. The minimum absolute atomic E-state index is 0.0879. The van der Waals surface area contributed by atoms with Gasteiger partial charge in [-0.2, -0.15) is 0 Å². The van der Waals surface area contributed by atoms with E-state index < -0.39 is 5.97 Å². The molecule has 3 nitrogen and oxygen atoms in total. The molecule has 3 rings (SSSR count). The van der Waals surface area contributed by atoms with Crippen molar-refractivity contribution in [2.75, 3.05) is 0 Å². The zero-order chi connectivity index (χ0) is 13.2. The zero-order valence-corrected chi connectivity index (χ0v) is 10.1. The minimum Gasteiger partial charge on any atom is -0.476 e. The Balaban J connectivity index is 2.33. The van der Waals surface area contributed by atoms with Gasteiger partial charge >= 0.3 is 5.97 Å². The number of fused-ring (bicyclic) bond motifs is 1. The fourth-order valence-corrected chi connectivity index (χ4v) is 2.12. The number of aromatic nitrogens is 1. The van der Waals surface area contributed by atoms with Gasteiger partial charge in [0.25, 0.3) is 0 Å². The van der Waals surface area contributed by atoms with E-state index in [2.05, 4.69) is 4.98 Å². The van der Waals surface area contributed by atoms with E-state index in [1.807, 2.05) is 60.7 Å². The highest BCUT2D eigenvalue weighted by atomic mass is 16.4. The van der Waals surface area contributed by atoms with Crippen LogP contribution in [0.15, 0.2) is 60.7 Å². The molecule has 1 heterocycles. The molecular weight excluding hydrogens is 238 g/mol. The normalized spacial score (nSPS) is 10.5. The molecular formula is C16H11NO2. The summed E-state index contributed by atoms with van der Waals surface area (Å²) in [5, 5.41) is 10.3. The highest BCUT2D eigenvalue weighted by Gasteiger charge is 2.14. The maximum atomic E-state index is 11.4. The van der Waals surface area contributed by atoms with Crippen LogP contribution in [0.25, 0.3) is 22.0 Å². The number of nitrogens with zero attached hydrogens (tertiary/aromatic N) is 1. The molecule has 0 unspecified atom stereocenters. The van der Waals surface area contributed by atoms with Crippen molar-refractivity contribution in [2.24, 2.45) is 0 Å². The van der Waals surface area contributed by atoms with Crippen molar-refractivity contribution in [2.45, 2.75) is 0 Å². The van der Waals surface area contributed by atoms with E-state index in [0.29, 0.717) is 11.1 Å². The Bertz CT molecular complexity index is 751. The van der Waals surface area contributed by atoms with Crippen molar-refractivity contribution in [3.8, 4) is 11.1 Å². The van der Waals surface area contributed by atoms with E-state index in [9.17, 15) is 9.90 Å². The topological polar surface area (TPSA) is 50.2 Å². The number of pyridine rings is 1. The van der Waals surface area contributed by atoms with Gasteiger partial charge in [-0.3, -0.25) is 0 Å². The summed E-state index contributed by atoms with van der Waals surface area (Å²) in [5.41, 5.74) is 2.29. The number of benzene rings is 2. The van der Waals surface area contributed by atoms with E-state index in [1.165, 1.54) is 0 Å². The summed E-state index contributed by atoms with van der Waals surface area (Å²) in [7, 11) is 0. The van der Waals surface area contributed by atoms with E-state index in [1.54, 1.807) is 0 Å². The van der Waals surface area contributed by atoms with Crippen LogP contribution in [-0.2, 0) is 0 Å². The molecule has 92 valence electrons. The molecule has 0 aliphatic rings. The van der Waals surface area contributed by atoms with Gasteiger partial charge in [-0.15, -0.1) is 0 Å². The van der Waals surface area contributed by atoms with Crippen LogP contribution >= 0.6 is 0 Å². The Hall–Kier alpha value is -2.68. The molecule has 0 saturated carbocycles. The SMILES string of the molecule is O=C(O)c1nc2ccccc2cc1-c1ccccc1. The van der Waals surface area contributed by atoms with Crippen molar-refractivity contribution in [1.82, 2.24) is 4.98 Å². The van der Waals surface area contributed by atoms with E-state index in [-0.39, 0.29) is 5.69 Å². The monoisotopic (exact) mass is 249 g/mol. The molecule has 19 heavy (non-hydrogen) atoms. The summed E-state index contributed by atoms with van der Waals surface area (Å²) in [6.45, 7) is 0. The maximum absolute atomic E-state index is 11.4. The lowest BCUT2D eigenvalue weighted by Crippen LogP contribution is -2.03. The largest absolute Gasteiger partial charge is 0.476 e. The molecule has 0 radical (unpaired) electrons. The predicted molar refractivity (Wildman–Crippen MR) is 74.1 cm³/mol. The van der Waals surface area contributed by atoms with Crippen molar-refractivity contribution in [3.05, 3.63) is 66.4 Å². The smallest absolute Gasteiger partial charge is 0.355 e. The Morgan fingerprint density at radius 1 is 0.947 bits per heavy atom. The van der Waals surface area contributed by atoms with Crippen molar-refractivity contribution >= 4 is 16.9 Å². The summed E-state index contributed by atoms with van der Waals surface area (Å²) >= 11 is 0. The van der Waals surface area contributed by atoms with Gasteiger partial charge in [0.1, 0.15) is 0 Å². The van der Waals surface area contributed by atoms with Crippen LogP contribution in [0.1, 0.15) is 10.5 Å². The van der Waals surface area contributed by atoms with E-state index in [0.717, 1.165) is 10.9 Å². The van der Waals surface area contributed by atoms with Crippen LogP contribution in [0, 0.1) is 0 Å². The molecule has 0 fully saturated rings. The van der Waals surface area contributed by atoms with Gasteiger partial charge in [0, 0.05) is 10.9 Å². The number of hydrogen-bond donors (Lipinski definition) is 1. The molecule has 0 bridgehead atoms. The summed E-state index contributed by atoms with van der Waals surface area (Å²) in [5.74, 6) is -1.01. The highest BCUT2D eigenvalue weighted by Crippen LogP contribution is 2.26. The number of para-hydroxylation sites is 1. The molecule has 1 N–H and O–H groups in total. The first-order chi connectivity index (χ1) is 9.25. The van der Waals surface area contributed by atoms with Gasteiger partial charge in [-0.05, 0) is 17.7 Å². The second kappa shape index (κ2) is 4.53. The van der Waals surface area contributed by atoms with Crippen molar-refractivity contribution < 1.29 is 9.90 Å². The third-order valence-electron chi connectivity index (χ3n) is 3.01. The van der Waals surface area contributed by atoms with E-state index >= 15 is 0 Å². The Kier molecular flexibility index (Phi) is 2.72. The molecule has 2 aromatic carbocycles. The lowest BCUT2D eigenvalue weighted by molar-refractivity contribution is 0.0692. The number of carbonyl (C=O) groups is 1. The van der Waals surface area contributed by atoms with Crippen LogP contribution in [-0.4, -0.2) is 16.1 Å². The summed E-state index contributed by atoms with van der Waals surface area (Å²) < 4.78 is 0. The quantitative estimate of drug-likeness (QED) is 0.754. The van der Waals surface area contributed by atoms with Gasteiger partial charge in [0.15, 0.2) is 5.69 Å². The Morgan fingerprint density at radius 2 is 1.63 bits per heavy atom. The van der Waals surface area contributed by atoms with Gasteiger partial charge in [0.05, 0.1) is 5.52 Å². The van der Waals surface area contributed by atoms with Gasteiger partial charge in [0.2, 0.25) is 0 Å². The molecule has 0 amide bonds. The number of hydrogen-bond acceptors (Lipinski definition) is 2. The first kappa shape index (κ1) is 11.4. The van der Waals surface area contributed by atoms with Gasteiger partial charge in [-0.1, -0.05) is 48.5 Å². The van der Waals surface area contributed by atoms with E-state index in [4.69, 9.17) is 0 Å². The minimum atomic E-state index is -1.01. The molecule has 3 heteroatoms. The molecule has 1 aromatic heterocycles. The van der Waals surface area contributed by atoms with Crippen LogP contribution in [0.4, 0.5) is 0 Å². The molecule has 0 spiro atoms. The van der Waals surface area contributed by atoms with Crippen molar-refractivity contribution in [3.63, 3.8) is 0 Å². The average Bonchev–Trinajstić information content (AvgIpc) is 2.46. The lowest BCUT2D eigenvalue weighted by atomic mass is 10.0. The third-order valence-corrected chi connectivity index (χ3v) is 3.01. The number of carboxylic acids is 1. The third kappa shape index (κ3) is 2.06. The average molecular weight is 249 g/mol. The van der Waals surface area contributed by atoms with Crippen LogP contribution in [0.2, 0.25) is 0 Å². The molecule has 3 aromatic rings. The fourth-order valence-electron chi connectivity index (χ4n) is 2.12. The molecule has 0 atom stereocenters. The Labute approximate surface area is 110 Å². The van der Waals surface area contributed by atoms with Crippen LogP contribution in [0.3, 0.4) is 0 Å². The lowest BCUT2D eigenvalue weighted by Gasteiger charge is -2.07. The molecule has 0 aliphatic heterocycles. The molecule has 0 saturated heterocycles. The number of carboxylic acid groups (broad SMARTS) is 1. The predicted octanol–water partition coefficient (Wildman–Crippen LogP) is 3.60. The molecule has 0 aliphatic carbocycles. The summed E-state index contributed by atoms with van der Waals surface area (Å²) in [6.07, 6.45) is 0.